The van der Waals surface area contributed by atoms with Crippen LogP contribution in [-0.2, 0) is 28.0 Å². The number of pyridine rings is 1. The number of piperidine rings is 4. The molecule has 5 aromatic rings. The molecule has 0 saturated carbocycles. The number of benzene rings is 4. The van der Waals surface area contributed by atoms with Crippen molar-refractivity contribution in [3.05, 3.63) is 147 Å². The first-order valence-corrected chi connectivity index (χ1v) is 20.1. The molecular weight excluding hydrogens is 735 g/mol. The van der Waals surface area contributed by atoms with Crippen molar-refractivity contribution in [3.8, 4) is 5.75 Å². The summed E-state index contributed by atoms with van der Waals surface area (Å²) >= 11 is 0. The van der Waals surface area contributed by atoms with Crippen molar-refractivity contribution in [1.29, 1.82) is 0 Å². The average molecular weight is 784 g/mol. The molecule has 0 radical (unpaired) electrons. The van der Waals surface area contributed by atoms with Crippen LogP contribution in [-0.4, -0.2) is 88.2 Å². The van der Waals surface area contributed by atoms with E-state index >= 15 is 0 Å². The molecular formula is C46H49N5O7. The van der Waals surface area contributed by atoms with Gasteiger partial charge < -0.3 is 35.5 Å². The maximum absolute atomic E-state index is 14.0. The number of nitrogens with zero attached hydrogens (tertiary/aromatic N) is 2. The lowest BCUT2D eigenvalue weighted by Crippen LogP contribution is -2.55. The number of fused-ring (bicyclic) bond motifs is 4. The van der Waals surface area contributed by atoms with Crippen LogP contribution in [0.2, 0.25) is 0 Å². The van der Waals surface area contributed by atoms with Crippen molar-refractivity contribution in [2.24, 2.45) is 5.92 Å². The molecule has 58 heavy (non-hydrogen) atoms. The number of hydrogen-bond donors (Lipinski definition) is 5. The van der Waals surface area contributed by atoms with Gasteiger partial charge in [-0.05, 0) is 103 Å². The van der Waals surface area contributed by atoms with Crippen LogP contribution in [0.5, 0.6) is 5.75 Å². The molecule has 1 aromatic heterocycles. The van der Waals surface area contributed by atoms with Gasteiger partial charge in [0.25, 0.3) is 11.8 Å². The number of aromatic amines is 1. The van der Waals surface area contributed by atoms with Gasteiger partial charge in [-0.1, -0.05) is 60.7 Å². The van der Waals surface area contributed by atoms with E-state index < -0.39 is 11.5 Å². The molecule has 0 spiro atoms. The molecule has 0 unspecified atom stereocenters. The van der Waals surface area contributed by atoms with Gasteiger partial charge in [0.2, 0.25) is 5.56 Å². The number of phenols is 1. The third-order valence-corrected chi connectivity index (χ3v) is 12.3. The number of carbonyl (C=O) groups is 3. The van der Waals surface area contributed by atoms with Gasteiger partial charge in [0.05, 0.1) is 17.0 Å². The minimum absolute atomic E-state index is 0.0568. The number of aliphatic hydroxyl groups excluding tert-OH is 1. The number of aromatic nitrogens is 1. The van der Waals surface area contributed by atoms with E-state index in [9.17, 15) is 29.4 Å². The second kappa shape index (κ2) is 17.0. The van der Waals surface area contributed by atoms with E-state index in [0.29, 0.717) is 72.5 Å². The Morgan fingerprint density at radius 1 is 0.810 bits per heavy atom. The van der Waals surface area contributed by atoms with E-state index in [1.807, 2.05) is 54.6 Å². The standard InChI is InChI=1S/C46H49N5O7/c52-38-16-14-36(37-15-17-41(54)49-42(37)38)39(53)28-47-26-30-6-8-31(9-7-30)27-48-43(55)33-10-12-34(13-11-33)44(56)51-24-20-46(21-25-51,35-4-2-1-3-5-35)45(57)58-40-29-50-22-18-32(40)19-23-50/h1-17,32,39-40,47,52-53H,18-29H2,(H,48,55)(H,49,54)/t39-,40-/m0/s1. The number of aliphatic hydroxyl groups is 1. The Morgan fingerprint density at radius 3 is 2.16 bits per heavy atom. The van der Waals surface area contributed by atoms with Crippen molar-refractivity contribution in [2.45, 2.75) is 56.4 Å². The van der Waals surface area contributed by atoms with Gasteiger partial charge in [-0.3, -0.25) is 24.1 Å². The van der Waals surface area contributed by atoms with Crippen molar-refractivity contribution in [2.75, 3.05) is 39.3 Å². The van der Waals surface area contributed by atoms with E-state index in [-0.39, 0.29) is 41.7 Å². The van der Waals surface area contributed by atoms with Crippen molar-refractivity contribution in [1.82, 2.24) is 25.4 Å². The molecule has 0 aliphatic carbocycles. The quantitative estimate of drug-likeness (QED) is 0.112. The van der Waals surface area contributed by atoms with Gasteiger partial charge in [0, 0.05) is 61.8 Å². The number of phenolic OH excluding ortho intramolecular Hbond substituents is 1. The van der Waals surface area contributed by atoms with Crippen LogP contribution in [0, 0.1) is 5.92 Å². The lowest BCUT2D eigenvalue weighted by Gasteiger charge is -2.46. The fraction of sp³-hybridized carbons (Fsp3) is 0.348. The van der Waals surface area contributed by atoms with Crippen LogP contribution in [0.15, 0.2) is 108 Å². The maximum atomic E-state index is 14.0. The van der Waals surface area contributed by atoms with E-state index in [2.05, 4.69) is 20.5 Å². The largest absolute Gasteiger partial charge is 0.506 e. The van der Waals surface area contributed by atoms with Gasteiger partial charge >= 0.3 is 5.97 Å². The molecule has 300 valence electrons. The molecule has 4 aromatic carbocycles. The third kappa shape index (κ3) is 8.27. The predicted molar refractivity (Wildman–Crippen MR) is 219 cm³/mol. The Bertz CT molecular complexity index is 2310. The number of likely N-dealkylation sites (tertiary alicyclic amines) is 1. The van der Waals surface area contributed by atoms with Crippen LogP contribution in [0.25, 0.3) is 10.9 Å². The minimum atomic E-state index is -0.863. The third-order valence-electron chi connectivity index (χ3n) is 12.3. The Hall–Kier alpha value is -5.82. The van der Waals surface area contributed by atoms with Gasteiger partial charge in [-0.15, -0.1) is 0 Å². The second-order valence-corrected chi connectivity index (χ2v) is 15.8. The number of nitrogens with one attached hydrogen (secondary N) is 3. The summed E-state index contributed by atoms with van der Waals surface area (Å²) in [5.74, 6) is -0.201. The van der Waals surface area contributed by atoms with Crippen molar-refractivity contribution in [3.63, 3.8) is 0 Å². The highest BCUT2D eigenvalue weighted by Gasteiger charge is 2.47. The van der Waals surface area contributed by atoms with E-state index in [4.69, 9.17) is 4.74 Å². The summed E-state index contributed by atoms with van der Waals surface area (Å²) < 4.78 is 6.30. The fourth-order valence-corrected chi connectivity index (χ4v) is 8.77. The molecule has 5 heterocycles. The second-order valence-electron chi connectivity index (χ2n) is 15.8. The van der Waals surface area contributed by atoms with Gasteiger partial charge in [0.1, 0.15) is 11.9 Å². The molecule has 2 atom stereocenters. The maximum Gasteiger partial charge on any atom is 0.317 e. The highest BCUT2D eigenvalue weighted by Crippen LogP contribution is 2.39. The first-order valence-electron chi connectivity index (χ1n) is 20.1. The topological polar surface area (TPSA) is 164 Å². The number of carbonyl (C=O) groups excluding carboxylic acids is 3. The van der Waals surface area contributed by atoms with Crippen LogP contribution in [0.4, 0.5) is 0 Å². The number of hydrogen-bond acceptors (Lipinski definition) is 9. The number of rotatable bonds is 12. The summed E-state index contributed by atoms with van der Waals surface area (Å²) in [6.07, 6.45) is 2.15. The molecule has 4 aliphatic heterocycles. The number of amides is 2. The number of esters is 1. The van der Waals surface area contributed by atoms with E-state index in [1.165, 1.54) is 12.1 Å². The molecule has 2 amide bonds. The summed E-state index contributed by atoms with van der Waals surface area (Å²) in [5.41, 5.74) is 3.53. The SMILES string of the molecule is O=C(NCc1ccc(CNC[C@H](O)c2ccc(O)c3[nH]c(=O)ccc23)cc1)c1ccc(C(=O)N2CCC(C(=O)O[C@H]3CN4CCC3CC4)(c3ccccc3)CC2)cc1. The Balaban J connectivity index is 0.810. The monoisotopic (exact) mass is 783 g/mol. The van der Waals surface area contributed by atoms with Crippen molar-refractivity contribution >= 4 is 28.7 Å². The Labute approximate surface area is 336 Å². The normalized spacial score (nSPS) is 20.4. The molecule has 5 N–H and O–H groups in total. The lowest BCUT2D eigenvalue weighted by atomic mass is 9.72. The lowest BCUT2D eigenvalue weighted by molar-refractivity contribution is -0.167. The number of aromatic hydroxyl groups is 1. The zero-order chi connectivity index (χ0) is 40.2. The van der Waals surface area contributed by atoms with Crippen LogP contribution in [0.1, 0.15) is 74.8 Å². The predicted octanol–water partition coefficient (Wildman–Crippen LogP) is 4.80. The Kier molecular flexibility index (Phi) is 11.4. The molecule has 12 heteroatoms. The van der Waals surface area contributed by atoms with Gasteiger partial charge in [0.15, 0.2) is 0 Å². The molecule has 4 aliphatic rings. The summed E-state index contributed by atoms with van der Waals surface area (Å²) in [6.45, 7) is 4.86. The average Bonchev–Trinajstić information content (AvgIpc) is 3.26. The van der Waals surface area contributed by atoms with Crippen LogP contribution < -0.4 is 16.2 Å². The van der Waals surface area contributed by atoms with Gasteiger partial charge in [-0.25, -0.2) is 0 Å². The molecule has 4 saturated heterocycles. The molecule has 9 rings (SSSR count). The van der Waals surface area contributed by atoms with Gasteiger partial charge in [-0.2, -0.15) is 0 Å². The summed E-state index contributed by atoms with van der Waals surface area (Å²) in [4.78, 5) is 59.2. The van der Waals surface area contributed by atoms with E-state index in [0.717, 1.165) is 49.2 Å². The van der Waals surface area contributed by atoms with E-state index in [1.54, 1.807) is 41.3 Å². The highest BCUT2D eigenvalue weighted by atomic mass is 16.5. The zero-order valence-electron chi connectivity index (χ0n) is 32.4. The minimum Gasteiger partial charge on any atom is -0.506 e. The summed E-state index contributed by atoms with van der Waals surface area (Å²) in [5, 5.41) is 27.7. The zero-order valence-corrected chi connectivity index (χ0v) is 32.4. The van der Waals surface area contributed by atoms with Crippen molar-refractivity contribution < 1.29 is 29.3 Å². The first-order chi connectivity index (χ1) is 28.2. The Morgan fingerprint density at radius 2 is 1.48 bits per heavy atom. The number of H-pyrrole nitrogens is 1. The fourth-order valence-electron chi connectivity index (χ4n) is 8.77. The highest BCUT2D eigenvalue weighted by molar-refractivity contribution is 5.98. The summed E-state index contributed by atoms with van der Waals surface area (Å²) in [7, 11) is 0. The molecule has 12 nitrogen and oxygen atoms in total. The number of ether oxygens (including phenoxy) is 1. The molecule has 2 bridgehead atoms. The summed E-state index contributed by atoms with van der Waals surface area (Å²) in [6, 6.07) is 30.4. The smallest absolute Gasteiger partial charge is 0.317 e. The van der Waals surface area contributed by atoms with Crippen LogP contribution in [0.3, 0.4) is 0 Å². The first kappa shape index (κ1) is 39.0. The van der Waals surface area contributed by atoms with Crippen LogP contribution >= 0.6 is 0 Å². The molecule has 4 fully saturated rings.